The summed E-state index contributed by atoms with van der Waals surface area (Å²) in [5.41, 5.74) is 10.1. The Bertz CT molecular complexity index is 508. The van der Waals surface area contributed by atoms with E-state index in [1.165, 1.54) is 16.7 Å². The van der Waals surface area contributed by atoms with Gasteiger partial charge in [-0.2, -0.15) is 0 Å². The van der Waals surface area contributed by atoms with Crippen LogP contribution in [0.5, 0.6) is 5.75 Å². The van der Waals surface area contributed by atoms with Crippen molar-refractivity contribution in [2.24, 2.45) is 0 Å². The Morgan fingerprint density at radius 1 is 1.00 bits per heavy atom. The van der Waals surface area contributed by atoms with E-state index in [9.17, 15) is 0 Å². The van der Waals surface area contributed by atoms with Crippen LogP contribution in [0.4, 0.5) is 5.69 Å². The third-order valence-corrected chi connectivity index (χ3v) is 2.78. The molecule has 0 heterocycles. The van der Waals surface area contributed by atoms with Gasteiger partial charge in [-0.05, 0) is 49.2 Å². The number of rotatable bonds is 3. The van der Waals surface area contributed by atoms with Crippen LogP contribution in [0.25, 0.3) is 0 Å². The van der Waals surface area contributed by atoms with E-state index in [2.05, 4.69) is 32.0 Å². The average Bonchev–Trinajstić information content (AvgIpc) is 2.32. The SMILES string of the molecule is Cc1ccc(C)c(COc2ccc(N)cc2)c1.Cl. The lowest BCUT2D eigenvalue weighted by atomic mass is 10.1. The number of anilines is 1. The van der Waals surface area contributed by atoms with E-state index < -0.39 is 0 Å². The van der Waals surface area contributed by atoms with Crippen LogP contribution in [0.1, 0.15) is 16.7 Å². The summed E-state index contributed by atoms with van der Waals surface area (Å²) in [6.07, 6.45) is 0. The molecule has 96 valence electrons. The fourth-order valence-corrected chi connectivity index (χ4v) is 1.68. The van der Waals surface area contributed by atoms with Gasteiger partial charge in [0, 0.05) is 5.69 Å². The first-order valence-electron chi connectivity index (χ1n) is 5.69. The summed E-state index contributed by atoms with van der Waals surface area (Å²) < 4.78 is 5.73. The largest absolute Gasteiger partial charge is 0.489 e. The van der Waals surface area contributed by atoms with Crippen LogP contribution in [-0.2, 0) is 6.61 Å². The van der Waals surface area contributed by atoms with Crippen LogP contribution < -0.4 is 10.5 Å². The summed E-state index contributed by atoms with van der Waals surface area (Å²) in [5, 5.41) is 0. The second-order valence-electron chi connectivity index (χ2n) is 4.29. The minimum Gasteiger partial charge on any atom is -0.489 e. The first kappa shape index (κ1) is 14.4. The highest BCUT2D eigenvalue weighted by Gasteiger charge is 2.00. The smallest absolute Gasteiger partial charge is 0.119 e. The van der Waals surface area contributed by atoms with Crippen molar-refractivity contribution in [2.45, 2.75) is 20.5 Å². The van der Waals surface area contributed by atoms with Crippen molar-refractivity contribution in [3.8, 4) is 5.75 Å². The summed E-state index contributed by atoms with van der Waals surface area (Å²) in [6.45, 7) is 4.78. The number of halogens is 1. The van der Waals surface area contributed by atoms with Crippen molar-refractivity contribution in [3.63, 3.8) is 0 Å². The van der Waals surface area contributed by atoms with Crippen molar-refractivity contribution < 1.29 is 4.74 Å². The zero-order valence-electron chi connectivity index (χ0n) is 10.6. The molecule has 2 aromatic rings. The molecule has 0 unspecified atom stereocenters. The minimum atomic E-state index is 0. The van der Waals surface area contributed by atoms with Crippen LogP contribution >= 0.6 is 12.4 Å². The van der Waals surface area contributed by atoms with Gasteiger partial charge in [0.25, 0.3) is 0 Å². The summed E-state index contributed by atoms with van der Waals surface area (Å²) in [5.74, 6) is 0.847. The van der Waals surface area contributed by atoms with Crippen LogP contribution in [0.15, 0.2) is 42.5 Å². The van der Waals surface area contributed by atoms with Gasteiger partial charge in [0.15, 0.2) is 0 Å². The van der Waals surface area contributed by atoms with Crippen LogP contribution in [-0.4, -0.2) is 0 Å². The van der Waals surface area contributed by atoms with Crippen LogP contribution in [0.3, 0.4) is 0 Å². The fraction of sp³-hybridized carbons (Fsp3) is 0.200. The Hall–Kier alpha value is -1.67. The first-order valence-corrected chi connectivity index (χ1v) is 5.69. The maximum atomic E-state index is 5.73. The van der Waals surface area contributed by atoms with E-state index in [4.69, 9.17) is 10.5 Å². The second-order valence-corrected chi connectivity index (χ2v) is 4.29. The molecule has 0 amide bonds. The molecule has 2 aromatic carbocycles. The van der Waals surface area contributed by atoms with Crippen molar-refractivity contribution in [2.75, 3.05) is 5.73 Å². The Kier molecular flexibility index (Phi) is 5.05. The fourth-order valence-electron chi connectivity index (χ4n) is 1.68. The van der Waals surface area contributed by atoms with Crippen molar-refractivity contribution in [1.82, 2.24) is 0 Å². The Morgan fingerprint density at radius 3 is 2.33 bits per heavy atom. The summed E-state index contributed by atoms with van der Waals surface area (Å²) >= 11 is 0. The minimum absolute atomic E-state index is 0. The highest BCUT2D eigenvalue weighted by Crippen LogP contribution is 2.17. The van der Waals surface area contributed by atoms with E-state index in [1.807, 2.05) is 24.3 Å². The lowest BCUT2D eigenvalue weighted by Gasteiger charge is -2.09. The molecule has 0 aliphatic heterocycles. The maximum Gasteiger partial charge on any atom is 0.119 e. The number of benzene rings is 2. The Morgan fingerprint density at radius 2 is 1.67 bits per heavy atom. The van der Waals surface area contributed by atoms with Gasteiger partial charge < -0.3 is 10.5 Å². The number of aryl methyl sites for hydroxylation is 2. The average molecular weight is 264 g/mol. The molecule has 0 bridgehead atoms. The lowest BCUT2D eigenvalue weighted by molar-refractivity contribution is 0.305. The quantitative estimate of drug-likeness (QED) is 0.853. The molecule has 2 rings (SSSR count). The van der Waals surface area contributed by atoms with E-state index in [1.54, 1.807) is 0 Å². The Balaban J connectivity index is 0.00000162. The van der Waals surface area contributed by atoms with E-state index >= 15 is 0 Å². The zero-order chi connectivity index (χ0) is 12.3. The molecule has 0 aliphatic carbocycles. The molecule has 0 atom stereocenters. The molecule has 0 radical (unpaired) electrons. The van der Waals surface area contributed by atoms with Gasteiger partial charge in [-0.1, -0.05) is 23.8 Å². The van der Waals surface area contributed by atoms with Crippen molar-refractivity contribution >= 4 is 18.1 Å². The molecule has 0 saturated heterocycles. The van der Waals surface area contributed by atoms with Gasteiger partial charge in [-0.3, -0.25) is 0 Å². The molecule has 0 saturated carbocycles. The van der Waals surface area contributed by atoms with Gasteiger partial charge >= 0.3 is 0 Å². The third-order valence-electron chi connectivity index (χ3n) is 2.78. The van der Waals surface area contributed by atoms with Gasteiger partial charge in [0.05, 0.1) is 0 Å². The molecule has 0 aromatic heterocycles. The molecular weight excluding hydrogens is 246 g/mol. The molecule has 3 heteroatoms. The highest BCUT2D eigenvalue weighted by atomic mass is 35.5. The lowest BCUT2D eigenvalue weighted by Crippen LogP contribution is -1.98. The summed E-state index contributed by atoms with van der Waals surface area (Å²) in [7, 11) is 0. The van der Waals surface area contributed by atoms with E-state index in [0.717, 1.165) is 11.4 Å². The van der Waals surface area contributed by atoms with E-state index in [-0.39, 0.29) is 12.4 Å². The molecule has 0 aliphatic rings. The number of nitrogen functional groups attached to an aromatic ring is 1. The predicted octanol–water partition coefficient (Wildman–Crippen LogP) is 3.89. The maximum absolute atomic E-state index is 5.73. The van der Waals surface area contributed by atoms with Gasteiger partial charge in [0.2, 0.25) is 0 Å². The van der Waals surface area contributed by atoms with Gasteiger partial charge in [-0.25, -0.2) is 0 Å². The normalized spacial score (nSPS) is 9.67. The summed E-state index contributed by atoms with van der Waals surface area (Å²) in [6, 6.07) is 13.9. The third kappa shape index (κ3) is 3.67. The Labute approximate surface area is 114 Å². The molecule has 0 fully saturated rings. The number of hydrogen-bond acceptors (Lipinski definition) is 2. The standard InChI is InChI=1S/C15H17NO.ClH/c1-11-3-4-12(2)13(9-11)10-17-15-7-5-14(16)6-8-15;/h3-9H,10,16H2,1-2H3;1H. The van der Waals surface area contributed by atoms with Crippen LogP contribution in [0.2, 0.25) is 0 Å². The predicted molar refractivity (Wildman–Crippen MR) is 78.4 cm³/mol. The number of hydrogen-bond donors (Lipinski definition) is 1. The molecule has 18 heavy (non-hydrogen) atoms. The summed E-state index contributed by atoms with van der Waals surface area (Å²) in [4.78, 5) is 0. The molecule has 2 N–H and O–H groups in total. The molecule has 0 spiro atoms. The molecule has 2 nitrogen and oxygen atoms in total. The van der Waals surface area contributed by atoms with Crippen molar-refractivity contribution in [3.05, 3.63) is 59.2 Å². The monoisotopic (exact) mass is 263 g/mol. The highest BCUT2D eigenvalue weighted by molar-refractivity contribution is 5.85. The van der Waals surface area contributed by atoms with E-state index in [0.29, 0.717) is 6.61 Å². The van der Waals surface area contributed by atoms with Crippen molar-refractivity contribution in [1.29, 1.82) is 0 Å². The first-order chi connectivity index (χ1) is 8.15. The molecular formula is C15H18ClNO. The number of ether oxygens (including phenoxy) is 1. The zero-order valence-corrected chi connectivity index (χ0v) is 11.5. The van der Waals surface area contributed by atoms with Crippen LogP contribution in [0, 0.1) is 13.8 Å². The van der Waals surface area contributed by atoms with Gasteiger partial charge in [-0.15, -0.1) is 12.4 Å². The topological polar surface area (TPSA) is 35.2 Å². The van der Waals surface area contributed by atoms with Gasteiger partial charge in [0.1, 0.15) is 12.4 Å². The number of nitrogens with two attached hydrogens (primary N) is 1. The second kappa shape index (κ2) is 6.31.